The Morgan fingerprint density at radius 3 is 2.50 bits per heavy atom. The normalized spacial score (nSPS) is 20.9. The third kappa shape index (κ3) is 3.38. The fourth-order valence-electron chi connectivity index (χ4n) is 2.95. The highest BCUT2D eigenvalue weighted by atomic mass is 35.5. The second-order valence-corrected chi connectivity index (χ2v) is 6.32. The summed E-state index contributed by atoms with van der Waals surface area (Å²) >= 11 is 5.94. The molecule has 24 heavy (non-hydrogen) atoms. The molecule has 128 valence electrons. The maximum Gasteiger partial charge on any atom is 0.329 e. The summed E-state index contributed by atoms with van der Waals surface area (Å²) in [6.45, 7) is 0. The lowest BCUT2D eigenvalue weighted by molar-refractivity contribution is -0.256. The number of esters is 2. The van der Waals surface area contributed by atoms with Gasteiger partial charge in [-0.2, -0.15) is 0 Å². The number of rotatable bonds is 3. The zero-order chi connectivity index (χ0) is 17.2. The number of hydrogen-bond acceptors (Lipinski definition) is 6. The molecular formula is C17H18ClNO5. The van der Waals surface area contributed by atoms with Crippen LogP contribution in [0.2, 0.25) is 5.02 Å². The van der Waals surface area contributed by atoms with E-state index in [0.29, 0.717) is 29.3 Å². The molecule has 0 radical (unpaired) electrons. The molecule has 6 nitrogen and oxygen atoms in total. The molecule has 0 N–H and O–H groups in total. The number of aliphatic imine (C=N–C) groups is 1. The number of hydrogen-bond donors (Lipinski definition) is 0. The van der Waals surface area contributed by atoms with E-state index in [9.17, 15) is 9.59 Å². The maximum absolute atomic E-state index is 12.2. The molecule has 1 aromatic rings. The standard InChI is InChI=1S/C17H18ClNO5/c1-22-14-6-5-11(18)9-13(14)19-10-12-15(20)23-17(24-16(12)21)7-3-2-4-8-17/h5-6,9-10,12H,2-4,7-8H2,1H3. The number of nitrogens with zero attached hydrogens (tertiary/aromatic N) is 1. The molecule has 2 aliphatic rings. The summed E-state index contributed by atoms with van der Waals surface area (Å²) < 4.78 is 16.1. The van der Waals surface area contributed by atoms with E-state index in [-0.39, 0.29) is 0 Å². The largest absolute Gasteiger partial charge is 0.494 e. The molecular weight excluding hydrogens is 334 g/mol. The van der Waals surface area contributed by atoms with Gasteiger partial charge in [-0.25, -0.2) is 0 Å². The lowest BCUT2D eigenvalue weighted by atomic mass is 9.92. The molecule has 2 fully saturated rings. The summed E-state index contributed by atoms with van der Waals surface area (Å²) in [5.74, 6) is -3.03. The summed E-state index contributed by atoms with van der Waals surface area (Å²) in [6, 6.07) is 4.90. The molecule has 1 aliphatic carbocycles. The highest BCUT2D eigenvalue weighted by Crippen LogP contribution is 2.37. The highest BCUT2D eigenvalue weighted by molar-refractivity contribution is 6.30. The Labute approximate surface area is 144 Å². The molecule has 1 aliphatic heterocycles. The Morgan fingerprint density at radius 2 is 1.88 bits per heavy atom. The van der Waals surface area contributed by atoms with Gasteiger partial charge in [-0.15, -0.1) is 0 Å². The molecule has 0 amide bonds. The zero-order valence-corrected chi connectivity index (χ0v) is 14.0. The summed E-state index contributed by atoms with van der Waals surface area (Å²) in [6.07, 6.45) is 5.12. The van der Waals surface area contributed by atoms with Gasteiger partial charge in [-0.05, 0) is 31.0 Å². The Bertz CT molecular complexity index is 662. The maximum atomic E-state index is 12.2. The monoisotopic (exact) mass is 351 g/mol. The first kappa shape index (κ1) is 16.8. The Balaban J connectivity index is 1.77. The Morgan fingerprint density at radius 1 is 1.21 bits per heavy atom. The number of benzene rings is 1. The third-order valence-electron chi connectivity index (χ3n) is 4.20. The van der Waals surface area contributed by atoms with Crippen LogP contribution in [0.5, 0.6) is 5.75 Å². The minimum Gasteiger partial charge on any atom is -0.494 e. The number of carbonyl (C=O) groups is 2. The van der Waals surface area contributed by atoms with Gasteiger partial charge >= 0.3 is 11.9 Å². The van der Waals surface area contributed by atoms with Crippen molar-refractivity contribution in [3.8, 4) is 5.75 Å². The summed E-state index contributed by atoms with van der Waals surface area (Å²) in [5, 5.41) is 0.470. The smallest absolute Gasteiger partial charge is 0.329 e. The van der Waals surface area contributed by atoms with Crippen LogP contribution in [0.25, 0.3) is 0 Å². The predicted molar refractivity (Wildman–Crippen MR) is 87.6 cm³/mol. The fraction of sp³-hybridized carbons (Fsp3) is 0.471. The van der Waals surface area contributed by atoms with Gasteiger partial charge in [0.05, 0.1) is 7.11 Å². The topological polar surface area (TPSA) is 74.2 Å². The molecule has 1 saturated carbocycles. The first-order valence-electron chi connectivity index (χ1n) is 7.86. The SMILES string of the molecule is COc1ccc(Cl)cc1N=CC1C(=O)OC2(CCCCC2)OC1=O. The molecule has 1 saturated heterocycles. The van der Waals surface area contributed by atoms with Crippen LogP contribution in [-0.4, -0.2) is 31.1 Å². The van der Waals surface area contributed by atoms with Crippen molar-refractivity contribution in [3.05, 3.63) is 23.2 Å². The predicted octanol–water partition coefficient (Wildman–Crippen LogP) is 3.43. The molecule has 7 heteroatoms. The van der Waals surface area contributed by atoms with Crippen molar-refractivity contribution in [3.63, 3.8) is 0 Å². The third-order valence-corrected chi connectivity index (χ3v) is 4.44. The highest BCUT2D eigenvalue weighted by Gasteiger charge is 2.48. The minimum atomic E-state index is -1.18. The number of methoxy groups -OCH3 is 1. The first-order valence-corrected chi connectivity index (χ1v) is 8.24. The lowest BCUT2D eigenvalue weighted by Crippen LogP contribution is -2.51. The average Bonchev–Trinajstić information content (AvgIpc) is 2.55. The van der Waals surface area contributed by atoms with Gasteiger partial charge in [-0.1, -0.05) is 18.0 Å². The van der Waals surface area contributed by atoms with Gasteiger partial charge in [0.2, 0.25) is 0 Å². The average molecular weight is 352 g/mol. The van der Waals surface area contributed by atoms with Crippen molar-refractivity contribution in [2.24, 2.45) is 10.9 Å². The van der Waals surface area contributed by atoms with Crippen molar-refractivity contribution in [2.75, 3.05) is 7.11 Å². The van der Waals surface area contributed by atoms with Crippen LogP contribution in [0.3, 0.4) is 0 Å². The lowest BCUT2D eigenvalue weighted by Gasteiger charge is -2.39. The van der Waals surface area contributed by atoms with Crippen LogP contribution in [-0.2, 0) is 19.1 Å². The molecule has 0 unspecified atom stereocenters. The second-order valence-electron chi connectivity index (χ2n) is 5.89. The summed E-state index contributed by atoms with van der Waals surface area (Å²) in [7, 11) is 1.50. The minimum absolute atomic E-state index is 0.420. The quantitative estimate of drug-likeness (QED) is 0.474. The Kier molecular flexibility index (Phi) is 4.76. The van der Waals surface area contributed by atoms with Crippen molar-refractivity contribution in [1.29, 1.82) is 0 Å². The summed E-state index contributed by atoms with van der Waals surface area (Å²) in [5.41, 5.74) is 0.420. The van der Waals surface area contributed by atoms with Gasteiger partial charge in [0, 0.05) is 24.1 Å². The van der Waals surface area contributed by atoms with Crippen LogP contribution >= 0.6 is 11.6 Å². The van der Waals surface area contributed by atoms with E-state index in [1.54, 1.807) is 18.2 Å². The molecule has 3 rings (SSSR count). The van der Waals surface area contributed by atoms with E-state index in [1.165, 1.54) is 13.3 Å². The van der Waals surface area contributed by atoms with Gasteiger partial charge < -0.3 is 14.2 Å². The van der Waals surface area contributed by atoms with Crippen molar-refractivity contribution in [2.45, 2.75) is 37.9 Å². The van der Waals surface area contributed by atoms with E-state index in [0.717, 1.165) is 19.3 Å². The summed E-state index contributed by atoms with van der Waals surface area (Å²) in [4.78, 5) is 28.7. The van der Waals surface area contributed by atoms with E-state index in [4.69, 9.17) is 25.8 Å². The van der Waals surface area contributed by atoms with Crippen molar-refractivity contribution >= 4 is 35.4 Å². The first-order chi connectivity index (χ1) is 11.5. The van der Waals surface area contributed by atoms with Gasteiger partial charge in [0.15, 0.2) is 5.92 Å². The van der Waals surface area contributed by atoms with E-state index >= 15 is 0 Å². The zero-order valence-electron chi connectivity index (χ0n) is 13.3. The molecule has 0 atom stereocenters. The number of halogens is 1. The molecule has 1 spiro atoms. The number of carbonyl (C=O) groups excluding carboxylic acids is 2. The van der Waals surface area contributed by atoms with Crippen LogP contribution in [0, 0.1) is 5.92 Å². The van der Waals surface area contributed by atoms with Crippen LogP contribution < -0.4 is 4.74 Å². The molecule has 1 heterocycles. The van der Waals surface area contributed by atoms with E-state index < -0.39 is 23.6 Å². The van der Waals surface area contributed by atoms with Gasteiger partial charge in [0.25, 0.3) is 5.79 Å². The van der Waals surface area contributed by atoms with E-state index in [2.05, 4.69) is 4.99 Å². The molecule has 1 aromatic carbocycles. The fourth-order valence-corrected chi connectivity index (χ4v) is 3.11. The van der Waals surface area contributed by atoms with Crippen LogP contribution in [0.1, 0.15) is 32.1 Å². The second kappa shape index (κ2) is 6.81. The Hall–Kier alpha value is -2.08. The van der Waals surface area contributed by atoms with Crippen LogP contribution in [0.4, 0.5) is 5.69 Å². The molecule has 0 bridgehead atoms. The van der Waals surface area contributed by atoms with Gasteiger partial charge in [-0.3, -0.25) is 14.6 Å². The van der Waals surface area contributed by atoms with Crippen molar-refractivity contribution in [1.82, 2.24) is 0 Å². The van der Waals surface area contributed by atoms with Crippen LogP contribution in [0.15, 0.2) is 23.2 Å². The number of ether oxygens (including phenoxy) is 3. The van der Waals surface area contributed by atoms with Gasteiger partial charge in [0.1, 0.15) is 11.4 Å². The van der Waals surface area contributed by atoms with E-state index in [1.807, 2.05) is 0 Å². The molecule has 0 aromatic heterocycles. The van der Waals surface area contributed by atoms with Crippen molar-refractivity contribution < 1.29 is 23.8 Å².